The summed E-state index contributed by atoms with van der Waals surface area (Å²) in [6.07, 6.45) is -12.0. The standard InChI is InChI=1S/C32H44O16/c1-31-9-18(13-4-5-43-10-13)46-28(41)15(31)8-21(32(2)16(27(40)42-3)6-14(33)7-20(31)32)48-30-26(39)24(37)23(36)19(47-30)12-45-29-25(38)22(35)17(34)11-44-29/h4-6,10,14-15,17-26,29-30,33-39H,7-9,11-12H2,1-3H3. The normalized spacial score (nSPS) is 47.7. The average molecular weight is 685 g/mol. The van der Waals surface area contributed by atoms with Crippen LogP contribution in [0.4, 0.5) is 0 Å². The van der Waals surface area contributed by atoms with Crippen LogP contribution in [0, 0.1) is 22.7 Å². The van der Waals surface area contributed by atoms with Crippen LogP contribution in [0.5, 0.6) is 0 Å². The Kier molecular flexibility index (Phi) is 9.82. The largest absolute Gasteiger partial charge is 0.472 e. The number of aliphatic hydroxyl groups excluding tert-OH is 7. The Labute approximate surface area is 275 Å². The van der Waals surface area contributed by atoms with Crippen LogP contribution in [-0.4, -0.2) is 136 Å². The lowest BCUT2D eigenvalue weighted by atomic mass is 9.44. The third-order valence-electron chi connectivity index (χ3n) is 11.2. The van der Waals surface area contributed by atoms with Crippen LogP contribution >= 0.6 is 0 Å². The molecule has 0 amide bonds. The van der Waals surface area contributed by atoms with E-state index in [1.165, 1.54) is 25.7 Å². The minimum absolute atomic E-state index is 0.000410. The van der Waals surface area contributed by atoms with Crippen LogP contribution < -0.4 is 0 Å². The number of methoxy groups -OCH3 is 1. The first-order chi connectivity index (χ1) is 22.7. The molecule has 6 rings (SSSR count). The van der Waals surface area contributed by atoms with Crippen molar-refractivity contribution >= 4 is 11.9 Å². The SMILES string of the molecule is COC(=O)C1=CC(O)CC2C3(C)CC(c4ccoc4)OC(=O)C3CC(OC3OC(COC4OCC(O)C(O)C4O)C(O)C(O)C3O)C12C. The van der Waals surface area contributed by atoms with Crippen molar-refractivity contribution in [1.82, 2.24) is 0 Å². The quantitative estimate of drug-likeness (QED) is 0.160. The second-order valence-electron chi connectivity index (χ2n) is 13.9. The molecular weight excluding hydrogens is 640 g/mol. The van der Waals surface area contributed by atoms with Crippen molar-refractivity contribution in [3.63, 3.8) is 0 Å². The molecule has 7 N–H and O–H groups in total. The number of carbonyl (C=O) groups is 2. The minimum Gasteiger partial charge on any atom is -0.472 e. The zero-order valence-electron chi connectivity index (χ0n) is 26.7. The monoisotopic (exact) mass is 684 g/mol. The molecule has 3 saturated heterocycles. The van der Waals surface area contributed by atoms with Crippen molar-refractivity contribution < 1.29 is 78.2 Å². The molecule has 0 radical (unpaired) electrons. The Bertz CT molecular complexity index is 1350. The number of cyclic esters (lactones) is 1. The molecule has 1 saturated carbocycles. The maximum Gasteiger partial charge on any atom is 0.334 e. The molecule has 3 aliphatic heterocycles. The Balaban J connectivity index is 1.29. The molecule has 0 bridgehead atoms. The van der Waals surface area contributed by atoms with Gasteiger partial charge in [-0.1, -0.05) is 13.8 Å². The summed E-state index contributed by atoms with van der Waals surface area (Å²) < 4.78 is 39.3. The van der Waals surface area contributed by atoms with Crippen LogP contribution in [0.25, 0.3) is 0 Å². The first-order valence-electron chi connectivity index (χ1n) is 16.0. The van der Waals surface area contributed by atoms with Gasteiger partial charge in [-0.3, -0.25) is 4.79 Å². The number of hydrogen-bond acceptors (Lipinski definition) is 16. The molecule has 5 aliphatic rings. The Hall–Kier alpha value is -2.48. The van der Waals surface area contributed by atoms with Crippen LogP contribution in [0.15, 0.2) is 34.7 Å². The summed E-state index contributed by atoms with van der Waals surface area (Å²) in [6.45, 7) is 2.87. The molecule has 268 valence electrons. The maximum absolute atomic E-state index is 13.7. The molecule has 0 aromatic carbocycles. The molecule has 4 heterocycles. The van der Waals surface area contributed by atoms with Crippen molar-refractivity contribution in [3.05, 3.63) is 35.8 Å². The van der Waals surface area contributed by atoms with Gasteiger partial charge in [-0.25, -0.2) is 4.79 Å². The molecule has 0 spiro atoms. The molecule has 16 heteroatoms. The number of ether oxygens (including phenoxy) is 6. The number of esters is 2. The van der Waals surface area contributed by atoms with Crippen molar-refractivity contribution in [2.24, 2.45) is 22.7 Å². The van der Waals surface area contributed by atoms with Crippen LogP contribution in [0.2, 0.25) is 0 Å². The molecule has 4 fully saturated rings. The fourth-order valence-corrected chi connectivity index (χ4v) is 8.43. The summed E-state index contributed by atoms with van der Waals surface area (Å²) in [6, 6.07) is 1.71. The molecule has 2 aliphatic carbocycles. The van der Waals surface area contributed by atoms with E-state index in [4.69, 9.17) is 32.8 Å². The topological polar surface area (TPSA) is 244 Å². The van der Waals surface area contributed by atoms with E-state index in [1.807, 2.05) is 6.92 Å². The van der Waals surface area contributed by atoms with Gasteiger partial charge in [0.25, 0.3) is 0 Å². The number of hydrogen-bond donors (Lipinski definition) is 7. The predicted molar refractivity (Wildman–Crippen MR) is 156 cm³/mol. The molecule has 1 aromatic rings. The Morgan fingerprint density at radius 3 is 2.40 bits per heavy atom. The number of fused-ring (bicyclic) bond motifs is 3. The van der Waals surface area contributed by atoms with E-state index in [9.17, 15) is 45.3 Å². The summed E-state index contributed by atoms with van der Waals surface area (Å²) in [5.74, 6) is -2.56. The first kappa shape index (κ1) is 35.3. The van der Waals surface area contributed by atoms with Gasteiger partial charge >= 0.3 is 11.9 Å². The minimum atomic E-state index is -1.79. The van der Waals surface area contributed by atoms with E-state index in [0.717, 1.165) is 0 Å². The van der Waals surface area contributed by atoms with E-state index in [-0.39, 0.29) is 25.0 Å². The van der Waals surface area contributed by atoms with E-state index in [0.29, 0.717) is 12.0 Å². The van der Waals surface area contributed by atoms with Gasteiger partial charge in [0.1, 0.15) is 48.8 Å². The summed E-state index contributed by atoms with van der Waals surface area (Å²) in [5.41, 5.74) is -1.26. The number of carbonyl (C=O) groups excluding carboxylic acids is 2. The van der Waals surface area contributed by atoms with Crippen LogP contribution in [-0.2, 0) is 38.0 Å². The van der Waals surface area contributed by atoms with Crippen LogP contribution in [0.1, 0.15) is 44.8 Å². The van der Waals surface area contributed by atoms with Crippen molar-refractivity contribution in [3.8, 4) is 0 Å². The van der Waals surface area contributed by atoms with Gasteiger partial charge in [-0.2, -0.15) is 0 Å². The lowest BCUT2D eigenvalue weighted by molar-refractivity contribution is -0.340. The Morgan fingerprint density at radius 2 is 1.71 bits per heavy atom. The van der Waals surface area contributed by atoms with E-state index in [1.54, 1.807) is 13.0 Å². The molecule has 16 atom stereocenters. The van der Waals surface area contributed by atoms with Gasteiger partial charge < -0.3 is 68.6 Å². The predicted octanol–water partition coefficient (Wildman–Crippen LogP) is -1.57. The smallest absolute Gasteiger partial charge is 0.334 e. The highest BCUT2D eigenvalue weighted by molar-refractivity contribution is 5.91. The zero-order chi connectivity index (χ0) is 34.7. The summed E-state index contributed by atoms with van der Waals surface area (Å²) in [5, 5.41) is 73.5. The fourth-order valence-electron chi connectivity index (χ4n) is 8.43. The number of rotatable bonds is 7. The van der Waals surface area contributed by atoms with Crippen molar-refractivity contribution in [2.75, 3.05) is 20.3 Å². The van der Waals surface area contributed by atoms with Gasteiger partial charge in [-0.05, 0) is 42.7 Å². The average Bonchev–Trinajstić information content (AvgIpc) is 3.60. The lowest BCUT2D eigenvalue weighted by Gasteiger charge is -2.62. The van der Waals surface area contributed by atoms with Crippen LogP contribution in [0.3, 0.4) is 0 Å². The third kappa shape index (κ3) is 5.90. The molecule has 48 heavy (non-hydrogen) atoms. The third-order valence-corrected chi connectivity index (χ3v) is 11.2. The second kappa shape index (κ2) is 13.3. The van der Waals surface area contributed by atoms with Gasteiger partial charge in [0.05, 0.1) is 51.0 Å². The molecule has 16 nitrogen and oxygen atoms in total. The Morgan fingerprint density at radius 1 is 0.979 bits per heavy atom. The summed E-state index contributed by atoms with van der Waals surface area (Å²) in [4.78, 5) is 27.0. The van der Waals surface area contributed by atoms with Crippen molar-refractivity contribution in [1.29, 1.82) is 0 Å². The highest BCUT2D eigenvalue weighted by atomic mass is 16.7. The van der Waals surface area contributed by atoms with Gasteiger partial charge in [0, 0.05) is 16.6 Å². The van der Waals surface area contributed by atoms with Gasteiger partial charge in [-0.15, -0.1) is 0 Å². The maximum atomic E-state index is 13.7. The highest BCUT2D eigenvalue weighted by Gasteiger charge is 2.67. The fraction of sp³-hybridized carbons (Fsp3) is 0.750. The first-order valence-corrected chi connectivity index (χ1v) is 16.0. The van der Waals surface area contributed by atoms with Gasteiger partial charge in [0.2, 0.25) is 0 Å². The number of aliphatic hydroxyl groups is 7. The highest BCUT2D eigenvalue weighted by Crippen LogP contribution is 2.65. The van der Waals surface area contributed by atoms with E-state index < -0.39 is 115 Å². The van der Waals surface area contributed by atoms with E-state index in [2.05, 4.69) is 0 Å². The molecule has 16 unspecified atom stereocenters. The van der Waals surface area contributed by atoms with E-state index >= 15 is 0 Å². The summed E-state index contributed by atoms with van der Waals surface area (Å²) >= 11 is 0. The lowest BCUT2D eigenvalue weighted by Crippen LogP contribution is -2.66. The van der Waals surface area contributed by atoms with Crippen molar-refractivity contribution in [2.45, 2.75) is 107 Å². The summed E-state index contributed by atoms with van der Waals surface area (Å²) in [7, 11) is 1.21. The zero-order valence-corrected chi connectivity index (χ0v) is 26.7. The molecule has 1 aromatic heterocycles. The van der Waals surface area contributed by atoms with Gasteiger partial charge in [0.15, 0.2) is 12.6 Å². The second-order valence-corrected chi connectivity index (χ2v) is 13.9. The number of furan rings is 1. The molecular formula is C32H44O16.